The number of aliphatic hydroxyl groups is 1. The average Bonchev–Trinajstić information content (AvgIpc) is 2.99. The molecular formula is C19H22O6. The third kappa shape index (κ3) is 2.74. The van der Waals surface area contributed by atoms with Crippen LogP contribution in [0.25, 0.3) is 0 Å². The zero-order chi connectivity index (χ0) is 18.5. The van der Waals surface area contributed by atoms with Crippen molar-refractivity contribution in [1.82, 2.24) is 0 Å². The van der Waals surface area contributed by atoms with Crippen LogP contribution in [-0.4, -0.2) is 41.6 Å². The zero-order valence-corrected chi connectivity index (χ0v) is 14.2. The molecule has 3 rings (SSSR count). The van der Waals surface area contributed by atoms with Crippen molar-refractivity contribution in [3.8, 4) is 0 Å². The van der Waals surface area contributed by atoms with E-state index in [4.69, 9.17) is 14.6 Å². The molecule has 25 heavy (non-hydrogen) atoms. The molecule has 0 aromatic rings. The summed E-state index contributed by atoms with van der Waals surface area (Å²) in [5, 5.41) is 9.07. The van der Waals surface area contributed by atoms with E-state index in [2.05, 4.69) is 19.7 Å². The first kappa shape index (κ1) is 17.6. The largest absolute Gasteiger partial charge is 0.458 e. The number of aliphatic hydroxyl groups excluding tert-OH is 1. The third-order valence-corrected chi connectivity index (χ3v) is 5.74. The smallest absolute Gasteiger partial charge is 0.336 e. The van der Waals surface area contributed by atoms with Gasteiger partial charge in [0.15, 0.2) is 0 Å². The van der Waals surface area contributed by atoms with Crippen LogP contribution in [0.15, 0.2) is 36.5 Å². The molecule has 0 amide bonds. The highest BCUT2D eigenvalue weighted by Crippen LogP contribution is 2.51. The Labute approximate surface area is 146 Å². The van der Waals surface area contributed by atoms with Crippen molar-refractivity contribution in [3.05, 3.63) is 36.5 Å². The van der Waals surface area contributed by atoms with Gasteiger partial charge >= 0.3 is 11.9 Å². The lowest BCUT2D eigenvalue weighted by molar-refractivity contribution is -0.149. The number of hydrogen-bond acceptors (Lipinski definition) is 6. The lowest BCUT2D eigenvalue weighted by atomic mass is 9.79. The van der Waals surface area contributed by atoms with Gasteiger partial charge in [-0.15, -0.1) is 0 Å². The van der Waals surface area contributed by atoms with Gasteiger partial charge in [0.2, 0.25) is 0 Å². The van der Waals surface area contributed by atoms with Crippen LogP contribution in [0.3, 0.4) is 0 Å². The summed E-state index contributed by atoms with van der Waals surface area (Å²) in [5.74, 6) is -2.17. The molecule has 6 heteroatoms. The molecule has 6 nitrogen and oxygen atoms in total. The number of hydrogen-bond donors (Lipinski definition) is 1. The van der Waals surface area contributed by atoms with E-state index in [-0.39, 0.29) is 34.7 Å². The summed E-state index contributed by atoms with van der Waals surface area (Å²) in [6.07, 6.45) is -0.560. The molecule has 0 spiro atoms. The van der Waals surface area contributed by atoms with Crippen LogP contribution in [0.1, 0.15) is 19.8 Å². The Morgan fingerprint density at radius 2 is 2.00 bits per heavy atom. The maximum atomic E-state index is 12.2. The van der Waals surface area contributed by atoms with E-state index < -0.39 is 36.7 Å². The molecule has 0 bridgehead atoms. The van der Waals surface area contributed by atoms with Gasteiger partial charge in [0.1, 0.15) is 18.0 Å². The van der Waals surface area contributed by atoms with Crippen LogP contribution in [0.2, 0.25) is 0 Å². The molecule has 1 heterocycles. The molecule has 1 N–H and O–H groups in total. The minimum Gasteiger partial charge on any atom is -0.458 e. The lowest BCUT2D eigenvalue weighted by Gasteiger charge is -2.29. The van der Waals surface area contributed by atoms with Crippen molar-refractivity contribution in [3.63, 3.8) is 0 Å². The molecule has 0 radical (unpaired) electrons. The van der Waals surface area contributed by atoms with E-state index in [0.717, 1.165) is 5.57 Å². The molecule has 134 valence electrons. The fourth-order valence-corrected chi connectivity index (χ4v) is 4.33. The number of Topliss-reactive ketones (excluding diaryl/α,β-unsaturated/α-hetero) is 1. The predicted octanol–water partition coefficient (Wildman–Crippen LogP) is 1.35. The number of ketones is 1. The van der Waals surface area contributed by atoms with E-state index in [1.165, 1.54) is 0 Å². The summed E-state index contributed by atoms with van der Waals surface area (Å²) in [6, 6.07) is 0. The molecule has 1 saturated heterocycles. The molecule has 1 aliphatic heterocycles. The van der Waals surface area contributed by atoms with Gasteiger partial charge in [-0.1, -0.05) is 32.2 Å². The second kappa shape index (κ2) is 6.26. The van der Waals surface area contributed by atoms with Gasteiger partial charge in [0.25, 0.3) is 0 Å². The van der Waals surface area contributed by atoms with Crippen LogP contribution >= 0.6 is 0 Å². The Hall–Kier alpha value is -2.21. The zero-order valence-electron chi connectivity index (χ0n) is 14.2. The number of fused-ring (bicyclic) bond motifs is 3. The van der Waals surface area contributed by atoms with Gasteiger partial charge in [0.05, 0.1) is 18.1 Å². The van der Waals surface area contributed by atoms with E-state index in [1.807, 2.05) is 6.92 Å². The van der Waals surface area contributed by atoms with Crippen LogP contribution in [0, 0.1) is 23.7 Å². The van der Waals surface area contributed by atoms with Gasteiger partial charge in [-0.3, -0.25) is 4.79 Å². The highest BCUT2D eigenvalue weighted by molar-refractivity contribution is 5.92. The first-order valence-corrected chi connectivity index (χ1v) is 8.36. The fourth-order valence-electron chi connectivity index (χ4n) is 4.33. The number of esters is 2. The van der Waals surface area contributed by atoms with Gasteiger partial charge in [-0.05, 0) is 5.92 Å². The minimum absolute atomic E-state index is 0.0639. The first-order valence-electron chi connectivity index (χ1n) is 8.36. The molecule has 6 atom stereocenters. The van der Waals surface area contributed by atoms with Gasteiger partial charge in [0, 0.05) is 30.3 Å². The lowest BCUT2D eigenvalue weighted by Crippen LogP contribution is -2.38. The van der Waals surface area contributed by atoms with Gasteiger partial charge in [-0.2, -0.15) is 0 Å². The monoisotopic (exact) mass is 346 g/mol. The van der Waals surface area contributed by atoms with Crippen LogP contribution < -0.4 is 0 Å². The molecule has 3 aliphatic rings. The van der Waals surface area contributed by atoms with Crippen molar-refractivity contribution >= 4 is 17.7 Å². The average molecular weight is 346 g/mol. The number of carbonyl (C=O) groups is 3. The van der Waals surface area contributed by atoms with Crippen molar-refractivity contribution in [2.45, 2.75) is 32.0 Å². The Morgan fingerprint density at radius 1 is 1.32 bits per heavy atom. The van der Waals surface area contributed by atoms with E-state index in [1.54, 1.807) is 0 Å². The first-order chi connectivity index (χ1) is 11.8. The van der Waals surface area contributed by atoms with E-state index in [9.17, 15) is 14.4 Å². The molecule has 2 aliphatic carbocycles. The second-order valence-corrected chi connectivity index (χ2v) is 7.13. The van der Waals surface area contributed by atoms with Crippen molar-refractivity contribution in [1.29, 1.82) is 0 Å². The molecule has 0 aromatic carbocycles. The normalized spacial score (nSPS) is 37.2. The quantitative estimate of drug-likeness (QED) is 0.471. The Kier molecular flexibility index (Phi) is 4.41. The third-order valence-electron chi connectivity index (χ3n) is 5.74. The fraction of sp³-hybridized carbons (Fsp3) is 0.526. The second-order valence-electron chi connectivity index (χ2n) is 7.13. The summed E-state index contributed by atoms with van der Waals surface area (Å²) < 4.78 is 11.1. The number of rotatable bonds is 3. The minimum atomic E-state index is -0.720. The van der Waals surface area contributed by atoms with Crippen molar-refractivity contribution in [2.75, 3.05) is 6.61 Å². The number of ether oxygens (including phenoxy) is 2. The SMILES string of the molecule is C=C(CO)C(=O)O[C@H]1CC(=C)[C@@H]2CC(=O)[C@H](C)[C@@H]2[C@H]2OC(=O)C(=C)[C@@H]21. The highest BCUT2D eigenvalue weighted by atomic mass is 16.6. The van der Waals surface area contributed by atoms with Crippen LogP contribution in [0.5, 0.6) is 0 Å². The highest BCUT2D eigenvalue weighted by Gasteiger charge is 2.57. The van der Waals surface area contributed by atoms with Gasteiger partial charge < -0.3 is 14.6 Å². The van der Waals surface area contributed by atoms with Crippen molar-refractivity contribution in [2.24, 2.45) is 23.7 Å². The predicted molar refractivity (Wildman–Crippen MR) is 88.1 cm³/mol. The Balaban J connectivity index is 1.96. The summed E-state index contributed by atoms with van der Waals surface area (Å²) in [7, 11) is 0. The van der Waals surface area contributed by atoms with Gasteiger partial charge in [-0.25, -0.2) is 9.59 Å². The summed E-state index contributed by atoms with van der Waals surface area (Å²) in [6.45, 7) is 12.7. The van der Waals surface area contributed by atoms with E-state index >= 15 is 0 Å². The number of carbonyl (C=O) groups excluding carboxylic acids is 3. The Bertz CT molecular complexity index is 690. The topological polar surface area (TPSA) is 89.9 Å². The molecule has 2 saturated carbocycles. The Morgan fingerprint density at radius 3 is 2.64 bits per heavy atom. The van der Waals surface area contributed by atoms with Crippen LogP contribution in [-0.2, 0) is 23.9 Å². The summed E-state index contributed by atoms with van der Waals surface area (Å²) >= 11 is 0. The van der Waals surface area contributed by atoms with E-state index in [0.29, 0.717) is 12.8 Å². The van der Waals surface area contributed by atoms with Crippen LogP contribution in [0.4, 0.5) is 0 Å². The maximum Gasteiger partial charge on any atom is 0.336 e. The standard InChI is InChI=1S/C19H22O6/c1-8-5-14(24-18(22)9(2)7-20)16-11(4)19(23)25-17(16)15-10(3)13(21)6-12(8)15/h10,12,14-17,20H,1-2,4-7H2,3H3/t10-,12-,14-,15-,16+,17+/m0/s1. The molecule has 0 aromatic heterocycles. The van der Waals surface area contributed by atoms with Crippen molar-refractivity contribution < 1.29 is 29.0 Å². The summed E-state index contributed by atoms with van der Waals surface area (Å²) in [4.78, 5) is 36.4. The summed E-state index contributed by atoms with van der Waals surface area (Å²) in [5.41, 5.74) is 0.997. The maximum absolute atomic E-state index is 12.2. The molecule has 3 fully saturated rings. The molecule has 0 unspecified atom stereocenters. The molecular weight excluding hydrogens is 324 g/mol.